The second-order valence-electron chi connectivity index (χ2n) is 9.56. The molecule has 0 saturated carbocycles. The van der Waals surface area contributed by atoms with Gasteiger partial charge in [0.25, 0.3) is 0 Å². The summed E-state index contributed by atoms with van der Waals surface area (Å²) in [6.07, 6.45) is 9.53. The number of benzene rings is 1. The van der Waals surface area contributed by atoms with Crippen LogP contribution in [0.3, 0.4) is 0 Å². The molecule has 10 heteroatoms. The molecule has 3 aliphatic heterocycles. The van der Waals surface area contributed by atoms with Gasteiger partial charge < -0.3 is 25.2 Å². The van der Waals surface area contributed by atoms with E-state index in [4.69, 9.17) is 19.7 Å². The van der Waals surface area contributed by atoms with E-state index in [1.807, 2.05) is 24.3 Å². The number of aromatic nitrogens is 4. The molecule has 0 radical (unpaired) electrons. The SMILES string of the molecule is O=C(Nc1ccncc1)Nc1ccc(-c2nc(N3CCCCC3)nc(N3CC4CCC(C3)O4)n2)cc1. The number of rotatable bonds is 5. The summed E-state index contributed by atoms with van der Waals surface area (Å²) >= 11 is 0. The number of anilines is 4. The maximum absolute atomic E-state index is 12.3. The van der Waals surface area contributed by atoms with E-state index < -0.39 is 0 Å². The van der Waals surface area contributed by atoms with Crippen molar-refractivity contribution in [3.8, 4) is 11.4 Å². The normalized spacial score (nSPS) is 21.3. The van der Waals surface area contributed by atoms with E-state index in [2.05, 4.69) is 25.4 Å². The third-order valence-electron chi connectivity index (χ3n) is 6.92. The number of pyridine rings is 1. The molecular formula is C26H30N8O2. The number of morpholine rings is 1. The lowest BCUT2D eigenvalue weighted by molar-refractivity contribution is 0.0299. The molecule has 186 valence electrons. The van der Waals surface area contributed by atoms with E-state index in [-0.39, 0.29) is 18.2 Å². The van der Waals surface area contributed by atoms with Crippen molar-refractivity contribution in [1.82, 2.24) is 19.9 Å². The van der Waals surface area contributed by atoms with Crippen molar-refractivity contribution in [2.75, 3.05) is 46.6 Å². The predicted octanol–water partition coefficient (Wildman–Crippen LogP) is 3.94. The van der Waals surface area contributed by atoms with Crippen molar-refractivity contribution in [2.24, 2.45) is 0 Å². The van der Waals surface area contributed by atoms with Gasteiger partial charge in [-0.1, -0.05) is 0 Å². The molecule has 2 atom stereocenters. The predicted molar refractivity (Wildman–Crippen MR) is 138 cm³/mol. The Hall–Kier alpha value is -3.79. The molecule has 3 fully saturated rings. The minimum absolute atomic E-state index is 0.256. The Bertz CT molecular complexity index is 1190. The molecule has 0 spiro atoms. The topological polar surface area (TPSA) is 108 Å². The summed E-state index contributed by atoms with van der Waals surface area (Å²) in [5.74, 6) is 2.11. The molecule has 2 amide bonds. The van der Waals surface area contributed by atoms with E-state index in [1.54, 1.807) is 24.5 Å². The van der Waals surface area contributed by atoms with E-state index in [0.717, 1.165) is 69.3 Å². The summed E-state index contributed by atoms with van der Waals surface area (Å²) in [6.45, 7) is 3.56. The lowest BCUT2D eigenvalue weighted by atomic mass is 10.1. The number of nitrogens with zero attached hydrogens (tertiary/aromatic N) is 6. The first-order valence-corrected chi connectivity index (χ1v) is 12.7. The molecule has 1 aromatic carbocycles. The first-order valence-electron chi connectivity index (χ1n) is 12.7. The molecular weight excluding hydrogens is 456 g/mol. The summed E-state index contributed by atoms with van der Waals surface area (Å²) in [6, 6.07) is 10.8. The van der Waals surface area contributed by atoms with E-state index in [9.17, 15) is 4.79 Å². The zero-order chi connectivity index (χ0) is 24.3. The van der Waals surface area contributed by atoms with Gasteiger partial charge in [0.05, 0.1) is 12.2 Å². The van der Waals surface area contributed by atoms with E-state index in [0.29, 0.717) is 17.2 Å². The molecule has 10 nitrogen and oxygen atoms in total. The van der Waals surface area contributed by atoms with Crippen LogP contribution in [0, 0.1) is 0 Å². The molecule has 6 rings (SSSR count). The van der Waals surface area contributed by atoms with E-state index >= 15 is 0 Å². The van der Waals surface area contributed by atoms with E-state index in [1.165, 1.54) is 6.42 Å². The highest BCUT2D eigenvalue weighted by Crippen LogP contribution is 2.30. The molecule has 0 aliphatic carbocycles. The lowest BCUT2D eigenvalue weighted by Crippen LogP contribution is -2.44. The van der Waals surface area contributed by atoms with Gasteiger partial charge >= 0.3 is 6.03 Å². The van der Waals surface area contributed by atoms with Gasteiger partial charge in [-0.3, -0.25) is 4.98 Å². The van der Waals surface area contributed by atoms with Crippen LogP contribution in [-0.2, 0) is 4.74 Å². The summed E-state index contributed by atoms with van der Waals surface area (Å²) in [4.78, 5) is 35.5. The fourth-order valence-corrected chi connectivity index (χ4v) is 5.07. The second-order valence-corrected chi connectivity index (χ2v) is 9.56. The minimum Gasteiger partial charge on any atom is -0.371 e. The van der Waals surface area contributed by atoms with Gasteiger partial charge in [-0.25, -0.2) is 4.79 Å². The highest BCUT2D eigenvalue weighted by Gasteiger charge is 2.35. The maximum atomic E-state index is 12.3. The number of nitrogens with one attached hydrogen (secondary N) is 2. The van der Waals surface area contributed by atoms with Crippen molar-refractivity contribution < 1.29 is 9.53 Å². The summed E-state index contributed by atoms with van der Waals surface area (Å²) in [5, 5.41) is 5.65. The van der Waals surface area contributed by atoms with Crippen LogP contribution in [0.25, 0.3) is 11.4 Å². The van der Waals surface area contributed by atoms with Crippen LogP contribution in [0.4, 0.5) is 28.1 Å². The number of amides is 2. The van der Waals surface area contributed by atoms with Gasteiger partial charge in [0, 0.05) is 55.5 Å². The molecule has 36 heavy (non-hydrogen) atoms. The van der Waals surface area contributed by atoms with Crippen molar-refractivity contribution in [2.45, 2.75) is 44.3 Å². The Morgan fingerprint density at radius 1 is 0.778 bits per heavy atom. The first kappa shape index (κ1) is 22.7. The fraction of sp³-hybridized carbons (Fsp3) is 0.423. The number of carbonyl (C=O) groups is 1. The highest BCUT2D eigenvalue weighted by atomic mass is 16.5. The lowest BCUT2D eigenvalue weighted by Gasteiger charge is -2.33. The van der Waals surface area contributed by atoms with Crippen molar-refractivity contribution >= 4 is 29.3 Å². The maximum Gasteiger partial charge on any atom is 0.323 e. The molecule has 3 aliphatic rings. The quantitative estimate of drug-likeness (QED) is 0.558. The van der Waals surface area contributed by atoms with Crippen LogP contribution in [0.1, 0.15) is 32.1 Å². The molecule has 3 aromatic rings. The molecule has 2 aromatic heterocycles. The summed E-state index contributed by atoms with van der Waals surface area (Å²) in [5.41, 5.74) is 2.24. The van der Waals surface area contributed by atoms with Crippen molar-refractivity contribution in [3.63, 3.8) is 0 Å². The Morgan fingerprint density at radius 2 is 1.39 bits per heavy atom. The van der Waals surface area contributed by atoms with Gasteiger partial charge in [-0.05, 0) is 68.5 Å². The van der Waals surface area contributed by atoms with Crippen molar-refractivity contribution in [1.29, 1.82) is 0 Å². The first-order chi connectivity index (χ1) is 17.7. The van der Waals surface area contributed by atoms with Crippen LogP contribution in [0.5, 0.6) is 0 Å². The van der Waals surface area contributed by atoms with Gasteiger partial charge in [0.15, 0.2) is 5.82 Å². The Labute approximate surface area is 210 Å². The monoisotopic (exact) mass is 486 g/mol. The number of fused-ring (bicyclic) bond motifs is 2. The number of carbonyl (C=O) groups excluding carboxylic acids is 1. The molecule has 2 N–H and O–H groups in total. The molecule has 3 saturated heterocycles. The van der Waals surface area contributed by atoms with Crippen LogP contribution in [0.2, 0.25) is 0 Å². The van der Waals surface area contributed by atoms with Crippen LogP contribution in [-0.4, -0.2) is 64.4 Å². The molecule has 2 bridgehead atoms. The third-order valence-corrected chi connectivity index (χ3v) is 6.92. The van der Waals surface area contributed by atoms with Crippen LogP contribution in [0.15, 0.2) is 48.8 Å². The zero-order valence-corrected chi connectivity index (χ0v) is 20.1. The fourth-order valence-electron chi connectivity index (χ4n) is 5.07. The summed E-state index contributed by atoms with van der Waals surface area (Å²) in [7, 11) is 0. The average Bonchev–Trinajstić information content (AvgIpc) is 3.27. The van der Waals surface area contributed by atoms with Crippen molar-refractivity contribution in [3.05, 3.63) is 48.8 Å². The number of urea groups is 1. The minimum atomic E-state index is -0.314. The molecule has 5 heterocycles. The second kappa shape index (κ2) is 10.1. The Balaban J connectivity index is 1.23. The van der Waals surface area contributed by atoms with Crippen LogP contribution >= 0.6 is 0 Å². The van der Waals surface area contributed by atoms with Gasteiger partial charge in [-0.15, -0.1) is 0 Å². The van der Waals surface area contributed by atoms with Crippen LogP contribution < -0.4 is 20.4 Å². The average molecular weight is 487 g/mol. The number of hydrogen-bond acceptors (Lipinski definition) is 8. The number of ether oxygens (including phenoxy) is 1. The summed E-state index contributed by atoms with van der Waals surface area (Å²) < 4.78 is 6.03. The number of piperidine rings is 1. The zero-order valence-electron chi connectivity index (χ0n) is 20.1. The Kier molecular flexibility index (Phi) is 6.33. The highest BCUT2D eigenvalue weighted by molar-refractivity contribution is 5.99. The van der Waals surface area contributed by atoms with Gasteiger partial charge in [0.2, 0.25) is 11.9 Å². The third kappa shape index (κ3) is 5.08. The smallest absolute Gasteiger partial charge is 0.323 e. The Morgan fingerprint density at radius 3 is 2.06 bits per heavy atom. The molecule has 2 unspecified atom stereocenters. The largest absolute Gasteiger partial charge is 0.371 e. The van der Waals surface area contributed by atoms with Gasteiger partial charge in [-0.2, -0.15) is 15.0 Å². The standard InChI is InChI=1S/C26H30N8O2/c35-26(29-20-10-12-27-13-11-20)28-19-6-4-18(5-7-19)23-30-24(33-14-2-1-3-15-33)32-25(31-23)34-16-21-8-9-22(17-34)36-21/h4-7,10-13,21-22H,1-3,8-9,14-17H2,(H2,27,28,29,35). The van der Waals surface area contributed by atoms with Gasteiger partial charge in [0.1, 0.15) is 0 Å². The number of hydrogen-bond donors (Lipinski definition) is 2.